The SMILES string of the molecule is O=C(COC(=O)CN1C(=O)c2cc(Cl)c(Cl)cc2C1=O)NC(=O)NCc1ccccc1. The highest BCUT2D eigenvalue weighted by Crippen LogP contribution is 2.31. The van der Waals surface area contributed by atoms with Crippen LogP contribution >= 0.6 is 23.2 Å². The van der Waals surface area contributed by atoms with Crippen molar-refractivity contribution in [2.75, 3.05) is 13.2 Å². The fraction of sp³-hybridized carbons (Fsp3) is 0.150. The molecule has 1 aliphatic heterocycles. The number of imide groups is 2. The Kier molecular flexibility index (Phi) is 6.88. The van der Waals surface area contributed by atoms with E-state index >= 15 is 0 Å². The number of hydrogen-bond acceptors (Lipinski definition) is 6. The van der Waals surface area contributed by atoms with Crippen molar-refractivity contribution < 1.29 is 28.7 Å². The van der Waals surface area contributed by atoms with E-state index in [1.807, 2.05) is 11.4 Å². The molecule has 0 atom stereocenters. The van der Waals surface area contributed by atoms with Gasteiger partial charge in [0.2, 0.25) is 0 Å². The van der Waals surface area contributed by atoms with Crippen LogP contribution in [0, 0.1) is 0 Å². The van der Waals surface area contributed by atoms with Gasteiger partial charge in [0, 0.05) is 6.54 Å². The highest BCUT2D eigenvalue weighted by Gasteiger charge is 2.37. The molecule has 0 radical (unpaired) electrons. The van der Waals surface area contributed by atoms with Crippen molar-refractivity contribution in [3.8, 4) is 0 Å². The number of nitrogens with zero attached hydrogens (tertiary/aromatic N) is 1. The second-order valence-corrected chi connectivity index (χ2v) is 7.20. The van der Waals surface area contributed by atoms with Crippen LogP contribution in [0.1, 0.15) is 26.3 Å². The van der Waals surface area contributed by atoms with Crippen LogP contribution in [0.5, 0.6) is 0 Å². The quantitative estimate of drug-likeness (QED) is 0.499. The Hall–Kier alpha value is -3.43. The minimum absolute atomic E-state index is 0.0139. The lowest BCUT2D eigenvalue weighted by Crippen LogP contribution is -2.42. The van der Waals surface area contributed by atoms with Gasteiger partial charge in [0.25, 0.3) is 17.7 Å². The van der Waals surface area contributed by atoms with Crippen LogP contribution in [-0.2, 0) is 20.9 Å². The number of nitrogens with one attached hydrogen (secondary N) is 2. The molecule has 0 aliphatic carbocycles. The van der Waals surface area contributed by atoms with Crippen molar-refractivity contribution in [1.82, 2.24) is 15.5 Å². The van der Waals surface area contributed by atoms with E-state index in [0.717, 1.165) is 5.56 Å². The summed E-state index contributed by atoms with van der Waals surface area (Å²) >= 11 is 11.7. The Morgan fingerprint density at radius 2 is 1.52 bits per heavy atom. The number of rotatable bonds is 6. The third-order valence-corrected chi connectivity index (χ3v) is 4.93. The first-order valence-electron chi connectivity index (χ1n) is 8.88. The lowest BCUT2D eigenvalue weighted by molar-refractivity contribution is -0.148. The molecule has 1 aliphatic rings. The topological polar surface area (TPSA) is 122 Å². The Bertz CT molecular complexity index is 1030. The van der Waals surface area contributed by atoms with Crippen LogP contribution in [-0.4, -0.2) is 47.8 Å². The van der Waals surface area contributed by atoms with Gasteiger partial charge in [0.15, 0.2) is 6.61 Å². The number of carbonyl (C=O) groups excluding carboxylic acids is 5. The van der Waals surface area contributed by atoms with Crippen molar-refractivity contribution in [2.45, 2.75) is 6.54 Å². The number of halogens is 2. The smallest absolute Gasteiger partial charge is 0.326 e. The van der Waals surface area contributed by atoms with Crippen molar-refractivity contribution >= 4 is 52.9 Å². The minimum Gasteiger partial charge on any atom is -0.454 e. The molecule has 31 heavy (non-hydrogen) atoms. The van der Waals surface area contributed by atoms with Gasteiger partial charge in [-0.1, -0.05) is 53.5 Å². The summed E-state index contributed by atoms with van der Waals surface area (Å²) in [6.45, 7) is -1.28. The van der Waals surface area contributed by atoms with Gasteiger partial charge >= 0.3 is 12.0 Å². The second-order valence-electron chi connectivity index (χ2n) is 6.39. The zero-order chi connectivity index (χ0) is 22.5. The van der Waals surface area contributed by atoms with E-state index in [2.05, 4.69) is 5.32 Å². The predicted molar refractivity (Wildman–Crippen MR) is 110 cm³/mol. The van der Waals surface area contributed by atoms with Crippen LogP contribution < -0.4 is 10.6 Å². The molecule has 0 saturated carbocycles. The number of esters is 1. The molecule has 0 bridgehead atoms. The van der Waals surface area contributed by atoms with E-state index in [-0.39, 0.29) is 27.7 Å². The molecule has 2 aromatic rings. The van der Waals surface area contributed by atoms with Crippen LogP contribution in [0.15, 0.2) is 42.5 Å². The Morgan fingerprint density at radius 3 is 2.10 bits per heavy atom. The van der Waals surface area contributed by atoms with Gasteiger partial charge in [-0.25, -0.2) is 4.79 Å². The first-order chi connectivity index (χ1) is 14.8. The number of benzene rings is 2. The predicted octanol–water partition coefficient (Wildman–Crippen LogP) is 2.16. The summed E-state index contributed by atoms with van der Waals surface area (Å²) < 4.78 is 4.74. The van der Waals surface area contributed by atoms with Gasteiger partial charge in [-0.3, -0.25) is 29.4 Å². The monoisotopic (exact) mass is 463 g/mol. The van der Waals surface area contributed by atoms with Crippen molar-refractivity contribution in [1.29, 1.82) is 0 Å². The molecule has 0 saturated heterocycles. The van der Waals surface area contributed by atoms with Gasteiger partial charge in [-0.05, 0) is 17.7 Å². The molecule has 0 fully saturated rings. The molecule has 0 unspecified atom stereocenters. The molecule has 2 aromatic carbocycles. The van der Waals surface area contributed by atoms with Crippen molar-refractivity contribution in [3.63, 3.8) is 0 Å². The normalized spacial score (nSPS) is 12.4. The molecule has 160 valence electrons. The maximum Gasteiger partial charge on any atom is 0.326 e. The number of ether oxygens (including phenoxy) is 1. The summed E-state index contributed by atoms with van der Waals surface area (Å²) in [5, 5.41) is 4.66. The maximum atomic E-state index is 12.3. The zero-order valence-corrected chi connectivity index (χ0v) is 17.3. The second kappa shape index (κ2) is 9.59. The molecule has 11 heteroatoms. The molecule has 2 N–H and O–H groups in total. The summed E-state index contributed by atoms with van der Waals surface area (Å²) in [5.74, 6) is -3.35. The lowest BCUT2D eigenvalue weighted by atomic mass is 10.1. The number of urea groups is 1. The van der Waals surface area contributed by atoms with Gasteiger partial charge < -0.3 is 10.1 Å². The standard InChI is InChI=1S/C20H15Cl2N3O6/c21-14-6-12-13(7-15(14)22)19(29)25(18(12)28)9-17(27)31-10-16(26)24-20(30)23-8-11-4-2-1-3-5-11/h1-7H,8-10H2,(H2,23,24,26,30). The molecule has 3 rings (SSSR count). The van der Waals surface area contributed by atoms with Crippen LogP contribution in [0.2, 0.25) is 10.0 Å². The Labute approximate surface area is 186 Å². The minimum atomic E-state index is -1.01. The molecule has 0 aromatic heterocycles. The van der Waals surface area contributed by atoms with Crippen molar-refractivity contribution in [2.24, 2.45) is 0 Å². The van der Waals surface area contributed by atoms with E-state index < -0.39 is 42.9 Å². The zero-order valence-electron chi connectivity index (χ0n) is 15.8. The van der Waals surface area contributed by atoms with E-state index in [1.54, 1.807) is 24.3 Å². The average Bonchev–Trinajstić information content (AvgIpc) is 2.96. The van der Waals surface area contributed by atoms with Crippen molar-refractivity contribution in [3.05, 3.63) is 69.2 Å². The lowest BCUT2D eigenvalue weighted by Gasteiger charge is -2.13. The average molecular weight is 464 g/mol. The van der Waals surface area contributed by atoms with Gasteiger partial charge in [-0.15, -0.1) is 0 Å². The molecular weight excluding hydrogens is 449 g/mol. The van der Waals surface area contributed by atoms with Gasteiger partial charge in [0.05, 0.1) is 21.2 Å². The number of fused-ring (bicyclic) bond motifs is 1. The molecule has 1 heterocycles. The van der Waals surface area contributed by atoms with E-state index in [1.165, 1.54) is 12.1 Å². The fourth-order valence-electron chi connectivity index (χ4n) is 2.73. The van der Waals surface area contributed by atoms with Crippen LogP contribution in [0.25, 0.3) is 0 Å². The third kappa shape index (κ3) is 5.39. The highest BCUT2D eigenvalue weighted by atomic mass is 35.5. The van der Waals surface area contributed by atoms with E-state index in [0.29, 0.717) is 4.90 Å². The summed E-state index contributed by atoms with van der Waals surface area (Å²) in [5.41, 5.74) is 0.861. The third-order valence-electron chi connectivity index (χ3n) is 4.21. The Balaban J connectivity index is 1.45. The highest BCUT2D eigenvalue weighted by molar-refractivity contribution is 6.43. The first kappa shape index (κ1) is 22.3. The van der Waals surface area contributed by atoms with Gasteiger partial charge in [-0.2, -0.15) is 0 Å². The molecule has 0 spiro atoms. The molecular formula is C20H15Cl2N3O6. The van der Waals surface area contributed by atoms with Crippen LogP contribution in [0.3, 0.4) is 0 Å². The van der Waals surface area contributed by atoms with E-state index in [9.17, 15) is 24.0 Å². The van der Waals surface area contributed by atoms with Crippen LogP contribution in [0.4, 0.5) is 4.79 Å². The molecule has 9 nitrogen and oxygen atoms in total. The van der Waals surface area contributed by atoms with E-state index in [4.69, 9.17) is 27.9 Å². The first-order valence-corrected chi connectivity index (χ1v) is 9.64. The fourth-order valence-corrected chi connectivity index (χ4v) is 3.06. The number of amides is 5. The summed E-state index contributed by atoms with van der Waals surface area (Å²) in [6.07, 6.45) is 0. The number of hydrogen-bond donors (Lipinski definition) is 2. The molecule has 5 amide bonds. The van der Waals surface area contributed by atoms with Gasteiger partial charge in [0.1, 0.15) is 6.54 Å². The largest absolute Gasteiger partial charge is 0.454 e. The summed E-state index contributed by atoms with van der Waals surface area (Å²) in [6, 6.07) is 10.7. The summed E-state index contributed by atoms with van der Waals surface area (Å²) in [7, 11) is 0. The Morgan fingerprint density at radius 1 is 0.935 bits per heavy atom. The summed E-state index contributed by atoms with van der Waals surface area (Å²) in [4.78, 5) is 60.8. The number of carbonyl (C=O) groups is 5. The maximum absolute atomic E-state index is 12.3.